The molecular weight excluding hydrogens is 371 g/mol. The summed E-state index contributed by atoms with van der Waals surface area (Å²) in [5, 5.41) is 23.7. The molecule has 26 heavy (non-hydrogen) atoms. The van der Waals surface area contributed by atoms with Crippen LogP contribution in [0.5, 0.6) is 0 Å². The van der Waals surface area contributed by atoms with Gasteiger partial charge in [-0.1, -0.05) is 18.5 Å². The van der Waals surface area contributed by atoms with Gasteiger partial charge in [0.25, 0.3) is 0 Å². The lowest BCUT2D eigenvalue weighted by Gasteiger charge is -2.26. The van der Waals surface area contributed by atoms with Gasteiger partial charge < -0.3 is 15.7 Å². The number of benzene rings is 1. The van der Waals surface area contributed by atoms with Crippen LogP contribution in [0.2, 0.25) is 5.02 Å². The first-order chi connectivity index (χ1) is 12.0. The van der Waals surface area contributed by atoms with Gasteiger partial charge in [-0.05, 0) is 50.4 Å². The third-order valence-corrected chi connectivity index (χ3v) is 4.75. The number of carboxylic acids is 1. The van der Waals surface area contributed by atoms with Crippen LogP contribution in [0.15, 0.2) is 12.1 Å². The number of nitrogens with zero attached hydrogens (tertiary/aromatic N) is 1. The molecule has 1 aliphatic rings. The molecule has 0 amide bonds. The Kier molecular flexibility index (Phi) is 7.72. The second kappa shape index (κ2) is 9.10. The highest BCUT2D eigenvalue weighted by molar-refractivity contribution is 6.32. The second-order valence-electron chi connectivity index (χ2n) is 6.19. The molecule has 0 unspecified atom stereocenters. The molecule has 1 saturated heterocycles. The maximum atomic E-state index is 10.6. The predicted molar refractivity (Wildman–Crippen MR) is 93.3 cm³/mol. The molecule has 2 rings (SSSR count). The Labute approximate surface area is 155 Å². The van der Waals surface area contributed by atoms with Crippen molar-refractivity contribution in [1.82, 2.24) is 5.32 Å². The number of hydrogen-bond acceptors (Lipinski definition) is 4. The molecule has 0 aromatic heterocycles. The van der Waals surface area contributed by atoms with Gasteiger partial charge in [-0.15, -0.1) is 0 Å². The highest BCUT2D eigenvalue weighted by Crippen LogP contribution is 2.28. The standard InChI is InChI=1S/C15H20ClN3.C2HF3O2/c1-9-6-7-18-15(9)11(3)19-13-5-4-12(8-17)14(16)10(13)2;3-2(4,5)1(6)7/h4-5,9,11,15,18-19H,6-7H2,1-3H3;(H,6,7)/t9-,11-,15-;/m0./s1. The van der Waals surface area contributed by atoms with Gasteiger partial charge in [0.05, 0.1) is 10.6 Å². The minimum absolute atomic E-state index is 0.334. The van der Waals surface area contributed by atoms with Crippen LogP contribution in [0.25, 0.3) is 0 Å². The Morgan fingerprint density at radius 1 is 1.50 bits per heavy atom. The van der Waals surface area contributed by atoms with Gasteiger partial charge in [0, 0.05) is 17.8 Å². The van der Waals surface area contributed by atoms with Crippen molar-refractivity contribution >= 4 is 23.3 Å². The maximum Gasteiger partial charge on any atom is 0.490 e. The molecule has 0 radical (unpaired) electrons. The van der Waals surface area contributed by atoms with Crippen molar-refractivity contribution in [3.63, 3.8) is 0 Å². The van der Waals surface area contributed by atoms with Crippen LogP contribution in [0.4, 0.5) is 18.9 Å². The third kappa shape index (κ3) is 5.78. The first-order valence-corrected chi connectivity index (χ1v) is 8.36. The molecule has 1 aromatic rings. The largest absolute Gasteiger partial charge is 0.490 e. The van der Waals surface area contributed by atoms with E-state index in [2.05, 4.69) is 30.6 Å². The van der Waals surface area contributed by atoms with Gasteiger partial charge in [-0.2, -0.15) is 18.4 Å². The van der Waals surface area contributed by atoms with E-state index in [1.807, 2.05) is 13.0 Å². The predicted octanol–water partition coefficient (Wildman–Crippen LogP) is 3.95. The van der Waals surface area contributed by atoms with E-state index in [0.717, 1.165) is 17.8 Å². The molecule has 0 aliphatic carbocycles. The molecule has 0 saturated carbocycles. The lowest BCUT2D eigenvalue weighted by atomic mass is 9.97. The van der Waals surface area contributed by atoms with Crippen LogP contribution in [0.1, 0.15) is 31.4 Å². The van der Waals surface area contributed by atoms with Crippen molar-refractivity contribution < 1.29 is 23.1 Å². The molecule has 1 aromatic carbocycles. The first kappa shape index (κ1) is 22.1. The lowest BCUT2D eigenvalue weighted by Crippen LogP contribution is -2.41. The summed E-state index contributed by atoms with van der Waals surface area (Å²) in [6.45, 7) is 7.50. The number of nitriles is 1. The minimum atomic E-state index is -5.08. The van der Waals surface area contributed by atoms with E-state index >= 15 is 0 Å². The molecular formula is C17H21ClF3N3O2. The summed E-state index contributed by atoms with van der Waals surface area (Å²) in [6, 6.07) is 6.63. The Balaban J connectivity index is 0.000000412. The van der Waals surface area contributed by atoms with Crippen molar-refractivity contribution in [1.29, 1.82) is 5.26 Å². The van der Waals surface area contributed by atoms with Gasteiger partial charge in [-0.3, -0.25) is 0 Å². The van der Waals surface area contributed by atoms with Gasteiger partial charge in [0.15, 0.2) is 0 Å². The topological polar surface area (TPSA) is 85.1 Å². The smallest absolute Gasteiger partial charge is 0.475 e. The average Bonchev–Trinajstić information content (AvgIpc) is 2.98. The summed E-state index contributed by atoms with van der Waals surface area (Å²) in [4.78, 5) is 8.90. The summed E-state index contributed by atoms with van der Waals surface area (Å²) in [5.41, 5.74) is 2.49. The van der Waals surface area contributed by atoms with E-state index in [0.29, 0.717) is 28.6 Å². The molecule has 0 spiro atoms. The number of carbonyl (C=O) groups is 1. The number of carboxylic acid groups (broad SMARTS) is 1. The SMILES string of the molecule is Cc1c(N[C@@H](C)[C@H]2NCC[C@@H]2C)ccc(C#N)c1Cl.O=C(O)C(F)(F)F. The van der Waals surface area contributed by atoms with Crippen LogP contribution in [0, 0.1) is 24.2 Å². The van der Waals surface area contributed by atoms with Crippen LogP contribution in [-0.4, -0.2) is 35.9 Å². The number of nitrogens with one attached hydrogen (secondary N) is 2. The molecule has 0 bridgehead atoms. The van der Waals surface area contributed by atoms with Crippen LogP contribution in [0.3, 0.4) is 0 Å². The monoisotopic (exact) mass is 391 g/mol. The normalized spacial score (nSPS) is 20.5. The number of alkyl halides is 3. The van der Waals surface area contributed by atoms with Crippen LogP contribution in [-0.2, 0) is 4.79 Å². The quantitative estimate of drug-likeness (QED) is 0.726. The first-order valence-electron chi connectivity index (χ1n) is 7.98. The molecule has 1 heterocycles. The summed E-state index contributed by atoms with van der Waals surface area (Å²) in [6.07, 6.45) is -3.86. The Morgan fingerprint density at radius 3 is 2.50 bits per heavy atom. The number of halogens is 4. The molecule has 1 fully saturated rings. The fourth-order valence-electron chi connectivity index (χ4n) is 2.79. The highest BCUT2D eigenvalue weighted by atomic mass is 35.5. The Hall–Kier alpha value is -1.98. The van der Waals surface area contributed by atoms with Gasteiger partial charge in [0.1, 0.15) is 6.07 Å². The van der Waals surface area contributed by atoms with Gasteiger partial charge in [-0.25, -0.2) is 4.79 Å². The number of rotatable bonds is 3. The fourth-order valence-corrected chi connectivity index (χ4v) is 3.00. The van der Waals surface area contributed by atoms with E-state index in [1.54, 1.807) is 6.07 Å². The van der Waals surface area contributed by atoms with E-state index in [1.165, 1.54) is 6.42 Å². The zero-order chi connectivity index (χ0) is 20.1. The highest BCUT2D eigenvalue weighted by Gasteiger charge is 2.38. The molecule has 144 valence electrons. The zero-order valence-electron chi connectivity index (χ0n) is 14.6. The van der Waals surface area contributed by atoms with Crippen molar-refractivity contribution in [2.45, 2.75) is 45.5 Å². The molecule has 3 atom stereocenters. The second-order valence-corrected chi connectivity index (χ2v) is 6.57. The third-order valence-electron chi connectivity index (χ3n) is 4.26. The number of anilines is 1. The average molecular weight is 392 g/mol. The van der Waals surface area contributed by atoms with Crippen molar-refractivity contribution in [3.05, 3.63) is 28.3 Å². The summed E-state index contributed by atoms with van der Waals surface area (Å²) < 4.78 is 31.7. The van der Waals surface area contributed by atoms with Gasteiger partial charge >= 0.3 is 12.1 Å². The summed E-state index contributed by atoms with van der Waals surface area (Å²) in [7, 11) is 0. The van der Waals surface area contributed by atoms with Crippen molar-refractivity contribution in [3.8, 4) is 6.07 Å². The lowest BCUT2D eigenvalue weighted by molar-refractivity contribution is -0.192. The van der Waals surface area contributed by atoms with E-state index in [9.17, 15) is 13.2 Å². The Bertz CT molecular complexity index is 689. The van der Waals surface area contributed by atoms with E-state index < -0.39 is 12.1 Å². The number of aliphatic carboxylic acids is 1. The van der Waals surface area contributed by atoms with Crippen molar-refractivity contribution in [2.75, 3.05) is 11.9 Å². The van der Waals surface area contributed by atoms with Crippen LogP contribution >= 0.6 is 11.6 Å². The summed E-state index contributed by atoms with van der Waals surface area (Å²) in [5.74, 6) is -2.08. The van der Waals surface area contributed by atoms with Crippen LogP contribution < -0.4 is 10.6 Å². The number of hydrogen-bond donors (Lipinski definition) is 3. The fraction of sp³-hybridized carbons (Fsp3) is 0.529. The zero-order valence-corrected chi connectivity index (χ0v) is 15.4. The molecule has 9 heteroatoms. The minimum Gasteiger partial charge on any atom is -0.475 e. The van der Waals surface area contributed by atoms with Crippen molar-refractivity contribution in [2.24, 2.45) is 5.92 Å². The molecule has 5 nitrogen and oxygen atoms in total. The molecule has 3 N–H and O–H groups in total. The summed E-state index contributed by atoms with van der Waals surface area (Å²) >= 11 is 6.19. The van der Waals surface area contributed by atoms with E-state index in [-0.39, 0.29) is 0 Å². The maximum absolute atomic E-state index is 10.6. The Morgan fingerprint density at radius 2 is 2.08 bits per heavy atom. The molecule has 1 aliphatic heterocycles. The van der Waals surface area contributed by atoms with E-state index in [4.69, 9.17) is 26.8 Å². The van der Waals surface area contributed by atoms with Gasteiger partial charge in [0.2, 0.25) is 0 Å².